The van der Waals surface area contributed by atoms with Crippen LogP contribution in [0.4, 0.5) is 4.39 Å². The number of aliphatic imine (C=N–C) groups is 1. The second-order valence-electron chi connectivity index (χ2n) is 7.02. The molecule has 3 N–H and O–H groups in total. The van der Waals surface area contributed by atoms with E-state index in [9.17, 15) is 9.18 Å². The van der Waals surface area contributed by atoms with Crippen LogP contribution >= 0.6 is 24.0 Å². The summed E-state index contributed by atoms with van der Waals surface area (Å²) in [4.78, 5) is 16.0. The van der Waals surface area contributed by atoms with Gasteiger partial charge in [-0.15, -0.1) is 24.0 Å². The molecule has 0 aliphatic heterocycles. The molecule has 0 aliphatic carbocycles. The number of ether oxygens (including phenoxy) is 1. The first-order valence-corrected chi connectivity index (χ1v) is 10.4. The monoisotopic (exact) mass is 562 g/mol. The Morgan fingerprint density at radius 3 is 2.42 bits per heavy atom. The Morgan fingerprint density at radius 1 is 0.970 bits per heavy atom. The van der Waals surface area contributed by atoms with Crippen LogP contribution < -0.4 is 20.7 Å². The number of rotatable bonds is 8. The highest BCUT2D eigenvalue weighted by Gasteiger charge is 2.09. The standard InChI is InChI=1S/C25H27FN4O2.HI/c1-27-24(31)19-10-7-8-18(16-19)14-15-29-25(28-2)30-17-20-9-3-5-12-22(20)32-23-13-6-4-11-21(23)26;/h3-13,16H,14-15,17H2,1-2H3,(H,27,31)(H2,28,29,30);1H. The zero-order chi connectivity index (χ0) is 22.8. The molecule has 0 fully saturated rings. The number of benzene rings is 3. The number of carbonyl (C=O) groups excluding carboxylic acids is 1. The molecular weight excluding hydrogens is 534 g/mol. The molecule has 3 aromatic rings. The van der Waals surface area contributed by atoms with Crippen LogP contribution in [0, 0.1) is 5.82 Å². The molecule has 0 atom stereocenters. The molecule has 0 radical (unpaired) electrons. The van der Waals surface area contributed by atoms with Crippen molar-refractivity contribution in [3.8, 4) is 11.5 Å². The third-order valence-electron chi connectivity index (χ3n) is 4.82. The molecule has 8 heteroatoms. The van der Waals surface area contributed by atoms with Crippen molar-refractivity contribution in [3.05, 3.63) is 95.3 Å². The summed E-state index contributed by atoms with van der Waals surface area (Å²) in [6, 6.07) is 21.3. The van der Waals surface area contributed by atoms with Crippen molar-refractivity contribution in [1.82, 2.24) is 16.0 Å². The molecule has 0 spiro atoms. The number of nitrogens with zero attached hydrogens (tertiary/aromatic N) is 1. The van der Waals surface area contributed by atoms with E-state index in [1.807, 2.05) is 36.4 Å². The molecule has 0 aliphatic rings. The van der Waals surface area contributed by atoms with E-state index in [0.717, 1.165) is 17.5 Å². The maximum Gasteiger partial charge on any atom is 0.251 e. The molecule has 1 amide bonds. The summed E-state index contributed by atoms with van der Waals surface area (Å²) >= 11 is 0. The summed E-state index contributed by atoms with van der Waals surface area (Å²) < 4.78 is 19.7. The van der Waals surface area contributed by atoms with Crippen LogP contribution in [0.5, 0.6) is 11.5 Å². The van der Waals surface area contributed by atoms with E-state index in [1.54, 1.807) is 44.4 Å². The molecule has 0 bridgehead atoms. The van der Waals surface area contributed by atoms with Crippen molar-refractivity contribution in [2.24, 2.45) is 4.99 Å². The van der Waals surface area contributed by atoms with Crippen molar-refractivity contribution in [3.63, 3.8) is 0 Å². The van der Waals surface area contributed by atoms with Crippen LogP contribution in [0.1, 0.15) is 21.5 Å². The molecule has 3 rings (SSSR count). The summed E-state index contributed by atoms with van der Waals surface area (Å²) in [5.74, 6) is 0.878. The molecule has 0 heterocycles. The Morgan fingerprint density at radius 2 is 1.70 bits per heavy atom. The fourth-order valence-corrected chi connectivity index (χ4v) is 3.13. The number of halogens is 2. The minimum absolute atomic E-state index is 0. The fraction of sp³-hybridized carbons (Fsp3) is 0.200. The minimum atomic E-state index is -0.409. The molecule has 3 aromatic carbocycles. The number of carbonyl (C=O) groups is 1. The number of para-hydroxylation sites is 2. The van der Waals surface area contributed by atoms with Crippen molar-refractivity contribution >= 4 is 35.8 Å². The van der Waals surface area contributed by atoms with Crippen molar-refractivity contribution < 1.29 is 13.9 Å². The van der Waals surface area contributed by atoms with Gasteiger partial charge in [-0.1, -0.05) is 42.5 Å². The number of hydrogen-bond donors (Lipinski definition) is 3. The Kier molecular flexibility index (Phi) is 10.6. The molecule has 0 saturated heterocycles. The summed E-state index contributed by atoms with van der Waals surface area (Å²) in [5.41, 5.74) is 2.56. The lowest BCUT2D eigenvalue weighted by atomic mass is 10.1. The largest absolute Gasteiger partial charge is 0.454 e. The lowest BCUT2D eigenvalue weighted by molar-refractivity contribution is 0.0963. The molecule has 0 unspecified atom stereocenters. The maximum atomic E-state index is 14.0. The van der Waals surface area contributed by atoms with Gasteiger partial charge in [0.1, 0.15) is 5.75 Å². The predicted octanol–water partition coefficient (Wildman–Crippen LogP) is 4.50. The van der Waals surface area contributed by atoms with Gasteiger partial charge in [-0.2, -0.15) is 0 Å². The fourth-order valence-electron chi connectivity index (χ4n) is 3.13. The Balaban J connectivity index is 0.00000385. The van der Waals surface area contributed by atoms with Gasteiger partial charge in [-0.25, -0.2) is 4.39 Å². The van der Waals surface area contributed by atoms with Crippen LogP contribution in [0.15, 0.2) is 77.8 Å². The van der Waals surface area contributed by atoms with E-state index in [4.69, 9.17) is 4.74 Å². The third kappa shape index (κ3) is 7.74. The van der Waals surface area contributed by atoms with Gasteiger partial charge in [0.05, 0.1) is 0 Å². The van der Waals surface area contributed by atoms with E-state index < -0.39 is 5.82 Å². The summed E-state index contributed by atoms with van der Waals surface area (Å²) in [6.45, 7) is 1.10. The Hall–Kier alpha value is -3.14. The number of amides is 1. The van der Waals surface area contributed by atoms with Crippen LogP contribution in [0.3, 0.4) is 0 Å². The van der Waals surface area contributed by atoms with Crippen molar-refractivity contribution in [2.75, 3.05) is 20.6 Å². The third-order valence-corrected chi connectivity index (χ3v) is 4.82. The molecule has 33 heavy (non-hydrogen) atoms. The second kappa shape index (κ2) is 13.4. The predicted molar refractivity (Wildman–Crippen MR) is 140 cm³/mol. The summed E-state index contributed by atoms with van der Waals surface area (Å²) in [5, 5.41) is 9.15. The zero-order valence-electron chi connectivity index (χ0n) is 18.6. The number of nitrogens with one attached hydrogen (secondary N) is 3. The van der Waals surface area contributed by atoms with Gasteiger partial charge in [0.25, 0.3) is 5.91 Å². The Labute approximate surface area is 210 Å². The lowest BCUT2D eigenvalue weighted by Crippen LogP contribution is -2.37. The first-order valence-electron chi connectivity index (χ1n) is 10.4. The lowest BCUT2D eigenvalue weighted by Gasteiger charge is -2.15. The van der Waals surface area contributed by atoms with Crippen LogP contribution in [0.25, 0.3) is 0 Å². The molecule has 0 saturated carbocycles. The average molecular weight is 562 g/mol. The van der Waals surface area contributed by atoms with Gasteiger partial charge < -0.3 is 20.7 Å². The van der Waals surface area contributed by atoms with Crippen molar-refractivity contribution in [1.29, 1.82) is 0 Å². The van der Waals surface area contributed by atoms with E-state index >= 15 is 0 Å². The SMILES string of the molecule is CN=C(NCCc1cccc(C(=O)NC)c1)NCc1ccccc1Oc1ccccc1F.I. The van der Waals surface area contributed by atoms with Gasteiger partial charge in [0.2, 0.25) is 0 Å². The molecule has 0 aromatic heterocycles. The molecular formula is C25H28FIN4O2. The van der Waals surface area contributed by atoms with Gasteiger partial charge in [-0.05, 0) is 42.3 Å². The summed E-state index contributed by atoms with van der Waals surface area (Å²) in [6.07, 6.45) is 0.735. The smallest absolute Gasteiger partial charge is 0.251 e. The van der Waals surface area contributed by atoms with Crippen LogP contribution in [-0.2, 0) is 13.0 Å². The average Bonchev–Trinajstić information content (AvgIpc) is 2.83. The Bertz CT molecular complexity index is 1090. The molecule has 6 nitrogen and oxygen atoms in total. The topological polar surface area (TPSA) is 74.8 Å². The minimum Gasteiger partial charge on any atom is -0.454 e. The highest BCUT2D eigenvalue weighted by molar-refractivity contribution is 14.0. The van der Waals surface area contributed by atoms with E-state index in [2.05, 4.69) is 20.9 Å². The van der Waals surface area contributed by atoms with Crippen LogP contribution in [0.2, 0.25) is 0 Å². The van der Waals surface area contributed by atoms with Crippen molar-refractivity contribution in [2.45, 2.75) is 13.0 Å². The number of guanidine groups is 1. The molecule has 174 valence electrons. The van der Waals surface area contributed by atoms with Gasteiger partial charge in [0.15, 0.2) is 17.5 Å². The zero-order valence-corrected chi connectivity index (χ0v) is 20.9. The summed E-state index contributed by atoms with van der Waals surface area (Å²) in [7, 11) is 3.31. The highest BCUT2D eigenvalue weighted by atomic mass is 127. The van der Waals surface area contributed by atoms with E-state index in [0.29, 0.717) is 30.4 Å². The highest BCUT2D eigenvalue weighted by Crippen LogP contribution is 2.27. The maximum absolute atomic E-state index is 14.0. The number of hydrogen-bond acceptors (Lipinski definition) is 3. The normalized spacial score (nSPS) is 10.7. The van der Waals surface area contributed by atoms with Gasteiger partial charge in [-0.3, -0.25) is 9.79 Å². The van der Waals surface area contributed by atoms with E-state index in [-0.39, 0.29) is 35.6 Å². The second-order valence-corrected chi connectivity index (χ2v) is 7.02. The van der Waals surface area contributed by atoms with Gasteiger partial charge in [0, 0.05) is 38.3 Å². The first-order chi connectivity index (χ1) is 15.6. The van der Waals surface area contributed by atoms with Gasteiger partial charge >= 0.3 is 0 Å². The van der Waals surface area contributed by atoms with Crippen LogP contribution in [-0.4, -0.2) is 32.5 Å². The quantitative estimate of drug-likeness (QED) is 0.215. The van der Waals surface area contributed by atoms with E-state index in [1.165, 1.54) is 6.07 Å². The first kappa shape index (κ1) is 26.1.